The highest BCUT2D eigenvalue weighted by Gasteiger charge is 2.16. The quantitative estimate of drug-likeness (QED) is 0.345. The lowest BCUT2D eigenvalue weighted by atomic mass is 9.98. The monoisotopic (exact) mass is 435 g/mol. The molecule has 0 aliphatic heterocycles. The fourth-order valence-corrected chi connectivity index (χ4v) is 4.68. The Balaban J connectivity index is 1.30. The molecular weight excluding hydrogens is 410 g/mol. The predicted octanol–water partition coefficient (Wildman–Crippen LogP) is 6.03. The molecular formula is C27H25N5O. The molecule has 33 heavy (non-hydrogen) atoms. The van der Waals surface area contributed by atoms with Crippen LogP contribution < -0.4 is 4.74 Å². The largest absolute Gasteiger partial charge is 0.489 e. The topological polar surface area (TPSA) is 65.2 Å². The molecule has 0 N–H and O–H groups in total. The summed E-state index contributed by atoms with van der Waals surface area (Å²) in [5, 5.41) is 5.68. The number of ether oxygens (including phenoxy) is 1. The van der Waals surface area contributed by atoms with Crippen molar-refractivity contribution >= 4 is 16.6 Å². The van der Waals surface area contributed by atoms with Crippen molar-refractivity contribution in [1.29, 1.82) is 0 Å². The summed E-state index contributed by atoms with van der Waals surface area (Å²) in [6.07, 6.45) is 13.9. The van der Waals surface area contributed by atoms with Crippen molar-refractivity contribution in [3.63, 3.8) is 0 Å². The molecule has 4 aromatic heterocycles. The maximum Gasteiger partial charge on any atom is 0.162 e. The van der Waals surface area contributed by atoms with Crippen LogP contribution in [0.5, 0.6) is 5.75 Å². The fraction of sp³-hybridized carbons (Fsp3) is 0.259. The highest BCUT2D eigenvalue weighted by Crippen LogP contribution is 2.31. The molecule has 0 saturated heterocycles. The molecule has 0 spiro atoms. The Labute approximate surface area is 192 Å². The molecule has 1 aromatic carbocycles. The first kappa shape index (κ1) is 19.9. The van der Waals surface area contributed by atoms with Crippen LogP contribution in [0.2, 0.25) is 0 Å². The van der Waals surface area contributed by atoms with Crippen molar-refractivity contribution in [2.24, 2.45) is 0 Å². The van der Waals surface area contributed by atoms with Crippen LogP contribution in [-0.2, 0) is 0 Å². The van der Waals surface area contributed by atoms with E-state index in [1.54, 1.807) is 0 Å². The van der Waals surface area contributed by atoms with Crippen molar-refractivity contribution in [1.82, 2.24) is 24.6 Å². The smallest absolute Gasteiger partial charge is 0.162 e. The van der Waals surface area contributed by atoms with Crippen LogP contribution in [0.3, 0.4) is 0 Å². The SMILES string of the molecule is Cc1ccc2c(-c3cnn4cc(-c5ccc(OC6CCCCC6)cn5)cnc34)cccc2n1. The van der Waals surface area contributed by atoms with Crippen LogP contribution in [-0.4, -0.2) is 30.7 Å². The molecule has 5 aromatic rings. The van der Waals surface area contributed by atoms with Crippen LogP contribution in [0.1, 0.15) is 37.8 Å². The van der Waals surface area contributed by atoms with E-state index in [9.17, 15) is 0 Å². The second-order valence-corrected chi connectivity index (χ2v) is 8.75. The van der Waals surface area contributed by atoms with E-state index in [0.717, 1.165) is 63.2 Å². The molecule has 164 valence electrons. The number of hydrogen-bond acceptors (Lipinski definition) is 5. The van der Waals surface area contributed by atoms with Gasteiger partial charge in [0.25, 0.3) is 0 Å². The molecule has 0 atom stereocenters. The molecule has 1 aliphatic rings. The summed E-state index contributed by atoms with van der Waals surface area (Å²) in [4.78, 5) is 14.0. The highest BCUT2D eigenvalue weighted by atomic mass is 16.5. The van der Waals surface area contributed by atoms with Gasteiger partial charge in [0, 0.05) is 34.6 Å². The molecule has 1 saturated carbocycles. The van der Waals surface area contributed by atoms with Crippen LogP contribution in [0, 0.1) is 6.92 Å². The van der Waals surface area contributed by atoms with Crippen molar-refractivity contribution in [2.45, 2.75) is 45.1 Å². The molecule has 0 radical (unpaired) electrons. The molecule has 6 rings (SSSR count). The first-order valence-electron chi connectivity index (χ1n) is 11.6. The minimum atomic E-state index is 0.320. The minimum Gasteiger partial charge on any atom is -0.489 e. The van der Waals surface area contributed by atoms with E-state index in [1.165, 1.54) is 19.3 Å². The average molecular weight is 436 g/mol. The van der Waals surface area contributed by atoms with E-state index in [2.05, 4.69) is 27.2 Å². The standard InChI is InChI=1S/C27H25N5O/c1-18-10-12-23-22(8-5-9-26(23)31-18)24-16-30-32-17-19(14-29-27(24)32)25-13-11-21(15-28-25)33-20-6-3-2-4-7-20/h5,8-17,20H,2-4,6-7H2,1H3. The summed E-state index contributed by atoms with van der Waals surface area (Å²) < 4.78 is 7.93. The molecule has 1 aliphatic carbocycles. The third-order valence-corrected chi connectivity index (χ3v) is 6.40. The van der Waals surface area contributed by atoms with Crippen LogP contribution in [0.4, 0.5) is 0 Å². The molecule has 6 heteroatoms. The summed E-state index contributed by atoms with van der Waals surface area (Å²) in [6.45, 7) is 2.01. The summed E-state index contributed by atoms with van der Waals surface area (Å²) in [5.74, 6) is 0.834. The van der Waals surface area contributed by atoms with Gasteiger partial charge in [0.15, 0.2) is 5.65 Å². The number of rotatable bonds is 4. The summed E-state index contributed by atoms with van der Waals surface area (Å²) in [5.41, 5.74) is 6.62. The van der Waals surface area contributed by atoms with Gasteiger partial charge >= 0.3 is 0 Å². The van der Waals surface area contributed by atoms with Crippen LogP contribution in [0.25, 0.3) is 38.9 Å². The van der Waals surface area contributed by atoms with E-state index in [4.69, 9.17) is 9.72 Å². The van der Waals surface area contributed by atoms with Crippen molar-refractivity contribution in [3.05, 3.63) is 72.9 Å². The Morgan fingerprint density at radius 3 is 2.64 bits per heavy atom. The maximum atomic E-state index is 6.11. The Bertz CT molecular complexity index is 1430. The van der Waals surface area contributed by atoms with E-state index in [0.29, 0.717) is 6.10 Å². The van der Waals surface area contributed by atoms with Gasteiger partial charge < -0.3 is 4.74 Å². The van der Waals surface area contributed by atoms with E-state index >= 15 is 0 Å². The lowest BCUT2D eigenvalue weighted by Gasteiger charge is -2.22. The Morgan fingerprint density at radius 2 is 1.79 bits per heavy atom. The van der Waals surface area contributed by atoms with Crippen molar-refractivity contribution in [2.75, 3.05) is 0 Å². The van der Waals surface area contributed by atoms with Gasteiger partial charge in [-0.25, -0.2) is 9.50 Å². The number of nitrogens with zero attached hydrogens (tertiary/aromatic N) is 5. The van der Waals surface area contributed by atoms with Gasteiger partial charge in [-0.2, -0.15) is 5.10 Å². The lowest BCUT2D eigenvalue weighted by molar-refractivity contribution is 0.154. The Kier molecular flexibility index (Phi) is 4.98. The number of aryl methyl sites for hydroxylation is 1. The highest BCUT2D eigenvalue weighted by molar-refractivity contribution is 5.98. The van der Waals surface area contributed by atoms with Gasteiger partial charge in [0.2, 0.25) is 0 Å². The zero-order valence-corrected chi connectivity index (χ0v) is 18.6. The molecule has 0 unspecified atom stereocenters. The molecule has 6 nitrogen and oxygen atoms in total. The number of fused-ring (bicyclic) bond motifs is 2. The summed E-state index contributed by atoms with van der Waals surface area (Å²) in [6, 6.07) is 14.3. The summed E-state index contributed by atoms with van der Waals surface area (Å²) in [7, 11) is 0. The molecule has 1 fully saturated rings. The predicted molar refractivity (Wildman–Crippen MR) is 129 cm³/mol. The number of benzene rings is 1. The first-order chi connectivity index (χ1) is 16.2. The Hall–Kier alpha value is -3.80. The first-order valence-corrected chi connectivity index (χ1v) is 11.6. The molecule has 4 heterocycles. The number of aromatic nitrogens is 5. The zero-order chi connectivity index (χ0) is 22.2. The van der Waals surface area contributed by atoms with Gasteiger partial charge in [-0.05, 0) is 62.4 Å². The van der Waals surface area contributed by atoms with Gasteiger partial charge in [-0.1, -0.05) is 24.6 Å². The number of hydrogen-bond donors (Lipinski definition) is 0. The van der Waals surface area contributed by atoms with Crippen LogP contribution >= 0.6 is 0 Å². The molecule has 0 amide bonds. The van der Waals surface area contributed by atoms with E-state index < -0.39 is 0 Å². The number of pyridine rings is 2. The molecule has 0 bridgehead atoms. The third kappa shape index (κ3) is 3.82. The van der Waals surface area contributed by atoms with Crippen molar-refractivity contribution < 1.29 is 4.74 Å². The third-order valence-electron chi connectivity index (χ3n) is 6.40. The van der Waals surface area contributed by atoms with E-state index in [-0.39, 0.29) is 0 Å². The van der Waals surface area contributed by atoms with Gasteiger partial charge in [-0.15, -0.1) is 0 Å². The van der Waals surface area contributed by atoms with E-state index in [1.807, 2.05) is 66.6 Å². The van der Waals surface area contributed by atoms with Crippen molar-refractivity contribution in [3.8, 4) is 28.1 Å². The maximum absolute atomic E-state index is 6.11. The lowest BCUT2D eigenvalue weighted by Crippen LogP contribution is -2.19. The zero-order valence-electron chi connectivity index (χ0n) is 18.6. The van der Waals surface area contributed by atoms with Gasteiger partial charge in [0.1, 0.15) is 5.75 Å². The normalized spacial score (nSPS) is 14.7. The van der Waals surface area contributed by atoms with Gasteiger partial charge in [0.05, 0.1) is 29.7 Å². The second kappa shape index (κ2) is 8.28. The minimum absolute atomic E-state index is 0.320. The van der Waals surface area contributed by atoms with Crippen LogP contribution in [0.15, 0.2) is 67.3 Å². The Morgan fingerprint density at radius 1 is 0.879 bits per heavy atom. The summed E-state index contributed by atoms with van der Waals surface area (Å²) >= 11 is 0. The second-order valence-electron chi connectivity index (χ2n) is 8.75. The average Bonchev–Trinajstić information content (AvgIpc) is 3.28. The fourth-order valence-electron chi connectivity index (χ4n) is 4.68. The van der Waals surface area contributed by atoms with Gasteiger partial charge in [-0.3, -0.25) is 9.97 Å².